The summed E-state index contributed by atoms with van der Waals surface area (Å²) in [6.45, 7) is 3.78. The zero-order chi connectivity index (χ0) is 19.3. The van der Waals surface area contributed by atoms with Gasteiger partial charge in [0, 0.05) is 11.7 Å². The largest absolute Gasteiger partial charge is 0.359 e. The van der Waals surface area contributed by atoms with E-state index in [9.17, 15) is 21.6 Å². The van der Waals surface area contributed by atoms with Crippen LogP contribution in [0.25, 0.3) is 0 Å². The number of nitrogens with two attached hydrogens (primary N) is 1. The van der Waals surface area contributed by atoms with E-state index >= 15 is 0 Å². The lowest BCUT2D eigenvalue weighted by Gasteiger charge is -2.28. The summed E-state index contributed by atoms with van der Waals surface area (Å²) in [7, 11) is -6.87. The van der Waals surface area contributed by atoms with E-state index in [-0.39, 0.29) is 34.9 Å². The maximum atomic E-state index is 12.5. The number of nitrogens with zero attached hydrogens (tertiary/aromatic N) is 1. The number of benzene rings is 1. The second kappa shape index (κ2) is 6.21. The highest BCUT2D eigenvalue weighted by Crippen LogP contribution is 2.33. The minimum atomic E-state index is -3.77. The van der Waals surface area contributed by atoms with Crippen LogP contribution < -0.4 is 15.4 Å². The molecule has 1 aromatic rings. The minimum Gasteiger partial charge on any atom is -0.359 e. The lowest BCUT2D eigenvalue weighted by atomic mass is 10.0. The molecule has 1 amide bonds. The third-order valence-corrected chi connectivity index (χ3v) is 7.81. The van der Waals surface area contributed by atoms with Crippen LogP contribution in [0.2, 0.25) is 0 Å². The van der Waals surface area contributed by atoms with Crippen molar-refractivity contribution in [3.8, 4) is 0 Å². The van der Waals surface area contributed by atoms with Gasteiger partial charge in [-0.25, -0.2) is 22.0 Å². The van der Waals surface area contributed by atoms with Gasteiger partial charge in [0.2, 0.25) is 15.9 Å². The Morgan fingerprint density at radius 2 is 2.12 bits per heavy atom. The van der Waals surface area contributed by atoms with E-state index in [1.165, 1.54) is 6.07 Å². The monoisotopic (exact) mass is 401 g/mol. The molecule has 1 fully saturated rings. The molecule has 0 saturated carbocycles. The lowest BCUT2D eigenvalue weighted by Crippen LogP contribution is -2.51. The maximum absolute atomic E-state index is 12.5. The van der Waals surface area contributed by atoms with Gasteiger partial charge in [-0.2, -0.15) is 0 Å². The number of anilines is 1. The number of hydrogen-bond donors (Lipinski definition) is 2. The number of carbonyl (C=O) groups is 1. The number of amides is 1. The van der Waals surface area contributed by atoms with Crippen molar-refractivity contribution in [3.63, 3.8) is 0 Å². The fourth-order valence-electron chi connectivity index (χ4n) is 3.73. The molecule has 3 N–H and O–H groups in total. The zero-order valence-corrected chi connectivity index (χ0v) is 16.4. The van der Waals surface area contributed by atoms with Crippen molar-refractivity contribution in [2.24, 2.45) is 5.14 Å². The van der Waals surface area contributed by atoms with E-state index in [1.54, 1.807) is 19.1 Å². The molecule has 2 atom stereocenters. The number of carbonyl (C=O) groups excluding carboxylic acids is 1. The normalized spacial score (nSPS) is 27.3. The molecule has 0 spiro atoms. The first-order valence-electron chi connectivity index (χ1n) is 8.32. The van der Waals surface area contributed by atoms with Gasteiger partial charge < -0.3 is 10.2 Å². The van der Waals surface area contributed by atoms with Crippen molar-refractivity contribution in [1.82, 2.24) is 5.32 Å². The Kier molecular flexibility index (Phi) is 4.56. The van der Waals surface area contributed by atoms with Gasteiger partial charge >= 0.3 is 0 Å². The molecule has 26 heavy (non-hydrogen) atoms. The van der Waals surface area contributed by atoms with Gasteiger partial charge in [0.1, 0.15) is 0 Å². The highest BCUT2D eigenvalue weighted by molar-refractivity contribution is 7.91. The topological polar surface area (TPSA) is 127 Å². The number of nitrogens with one attached hydrogen (secondary N) is 1. The highest BCUT2D eigenvalue weighted by Gasteiger charge is 2.40. The zero-order valence-electron chi connectivity index (χ0n) is 14.7. The fourth-order valence-corrected chi connectivity index (χ4v) is 6.39. The number of rotatable bonds is 4. The average Bonchev–Trinajstić information content (AvgIpc) is 2.93. The van der Waals surface area contributed by atoms with Crippen LogP contribution in [0, 0.1) is 0 Å². The van der Waals surface area contributed by atoms with Crippen molar-refractivity contribution >= 4 is 31.5 Å². The Morgan fingerprint density at radius 3 is 2.69 bits per heavy atom. The van der Waals surface area contributed by atoms with E-state index in [1.807, 2.05) is 11.8 Å². The van der Waals surface area contributed by atoms with Crippen molar-refractivity contribution in [2.45, 2.75) is 43.2 Å². The smallest absolute Gasteiger partial charge is 0.239 e. The average molecular weight is 402 g/mol. The van der Waals surface area contributed by atoms with Gasteiger partial charge in [0.05, 0.1) is 28.5 Å². The summed E-state index contributed by atoms with van der Waals surface area (Å²) in [5, 5.41) is 8.02. The second-order valence-electron chi connectivity index (χ2n) is 7.47. The third kappa shape index (κ3) is 3.86. The Labute approximate surface area is 153 Å². The maximum Gasteiger partial charge on any atom is 0.239 e. The lowest BCUT2D eigenvalue weighted by molar-refractivity contribution is -0.121. The van der Waals surface area contributed by atoms with Crippen LogP contribution in [0.5, 0.6) is 0 Å². The summed E-state index contributed by atoms with van der Waals surface area (Å²) in [6.07, 6.45) is 1.02. The molecule has 1 aromatic carbocycles. The first-order chi connectivity index (χ1) is 11.9. The molecule has 8 nitrogen and oxygen atoms in total. The summed E-state index contributed by atoms with van der Waals surface area (Å²) in [6, 6.07) is 4.66. The van der Waals surface area contributed by atoms with E-state index in [0.717, 1.165) is 11.3 Å². The van der Waals surface area contributed by atoms with Crippen molar-refractivity contribution in [2.75, 3.05) is 23.0 Å². The summed E-state index contributed by atoms with van der Waals surface area (Å²) in [4.78, 5) is 14.4. The quantitative estimate of drug-likeness (QED) is 0.718. The summed E-state index contributed by atoms with van der Waals surface area (Å²) < 4.78 is 46.4. The van der Waals surface area contributed by atoms with Gasteiger partial charge in [0.25, 0.3) is 0 Å². The molecule has 0 aliphatic carbocycles. The van der Waals surface area contributed by atoms with E-state index in [4.69, 9.17) is 5.14 Å². The van der Waals surface area contributed by atoms with Crippen LogP contribution in [0.3, 0.4) is 0 Å². The molecule has 2 aliphatic heterocycles. The molecule has 0 radical (unpaired) electrons. The summed E-state index contributed by atoms with van der Waals surface area (Å²) >= 11 is 0. The van der Waals surface area contributed by atoms with Gasteiger partial charge in [0.15, 0.2) is 9.84 Å². The van der Waals surface area contributed by atoms with Crippen LogP contribution >= 0.6 is 0 Å². The van der Waals surface area contributed by atoms with Gasteiger partial charge in [-0.05, 0) is 50.5 Å². The van der Waals surface area contributed by atoms with Crippen molar-refractivity contribution < 1.29 is 21.6 Å². The van der Waals surface area contributed by atoms with Crippen LogP contribution in [-0.4, -0.2) is 52.4 Å². The minimum absolute atomic E-state index is 0.0200. The molecule has 144 valence electrons. The van der Waals surface area contributed by atoms with Crippen LogP contribution in [0.4, 0.5) is 5.69 Å². The van der Waals surface area contributed by atoms with Crippen LogP contribution in [-0.2, 0) is 31.1 Å². The van der Waals surface area contributed by atoms with Gasteiger partial charge in [-0.1, -0.05) is 0 Å². The Balaban J connectivity index is 1.74. The van der Waals surface area contributed by atoms with E-state index in [2.05, 4.69) is 5.32 Å². The number of sulfone groups is 1. The van der Waals surface area contributed by atoms with E-state index < -0.39 is 25.4 Å². The molecule has 0 unspecified atom stereocenters. The molecule has 0 bridgehead atoms. The molecule has 1 saturated heterocycles. The first kappa shape index (κ1) is 19.1. The number of fused-ring (bicyclic) bond motifs is 1. The fraction of sp³-hybridized carbons (Fsp3) is 0.562. The highest BCUT2D eigenvalue weighted by atomic mass is 32.2. The van der Waals surface area contributed by atoms with Crippen LogP contribution in [0.1, 0.15) is 25.8 Å². The number of hydrogen-bond acceptors (Lipinski definition) is 6. The van der Waals surface area contributed by atoms with Crippen molar-refractivity contribution in [1.29, 1.82) is 0 Å². The van der Waals surface area contributed by atoms with E-state index in [0.29, 0.717) is 12.8 Å². The summed E-state index contributed by atoms with van der Waals surface area (Å²) in [5.74, 6) is -0.210. The molecular weight excluding hydrogens is 378 g/mol. The Bertz CT molecular complexity index is 958. The predicted molar refractivity (Wildman–Crippen MR) is 98.1 cm³/mol. The number of primary sulfonamides is 1. The Hall–Kier alpha value is -1.65. The molecule has 2 aliphatic rings. The molecular formula is C16H23N3O5S2. The molecule has 3 rings (SSSR count). The van der Waals surface area contributed by atoms with Crippen molar-refractivity contribution in [3.05, 3.63) is 23.8 Å². The standard InChI is InChI=1S/C16H23N3O5S2/c1-11-7-12-8-13(26(17,23)24)3-4-14(12)19(11)9-15(20)18-16(2)5-6-25(21,22)10-16/h3-4,8,11H,5-7,9-10H2,1-2H3,(H,18,20)(H2,17,23,24)/t11-,16-/m1/s1. The third-order valence-electron chi connectivity index (χ3n) is 4.99. The SMILES string of the molecule is C[C@@H]1Cc2cc(S(N)(=O)=O)ccc2N1CC(=O)N[C@]1(C)CCS(=O)(=O)C1. The van der Waals surface area contributed by atoms with Crippen LogP contribution in [0.15, 0.2) is 23.1 Å². The Morgan fingerprint density at radius 1 is 1.42 bits per heavy atom. The van der Waals surface area contributed by atoms with Gasteiger partial charge in [-0.3, -0.25) is 4.79 Å². The molecule has 0 aromatic heterocycles. The summed E-state index contributed by atoms with van der Waals surface area (Å²) in [5.41, 5.74) is 0.884. The van der Waals surface area contributed by atoms with Gasteiger partial charge in [-0.15, -0.1) is 0 Å². The molecule has 10 heteroatoms. The first-order valence-corrected chi connectivity index (χ1v) is 11.7. The second-order valence-corrected chi connectivity index (χ2v) is 11.2. The predicted octanol–water partition coefficient (Wildman–Crippen LogP) is -0.222. The molecule has 2 heterocycles. The number of sulfonamides is 1.